The van der Waals surface area contributed by atoms with Crippen LogP contribution < -0.4 is 9.80 Å². The Balaban J connectivity index is 0.873. The van der Waals surface area contributed by atoms with E-state index in [1.165, 1.54) is 79.7 Å². The zero-order chi connectivity index (χ0) is 38.4. The summed E-state index contributed by atoms with van der Waals surface area (Å²) in [5.41, 5.74) is 11.9. The van der Waals surface area contributed by atoms with Crippen molar-refractivity contribution in [2.75, 3.05) is 9.80 Å². The predicted octanol–water partition coefficient (Wildman–Crippen LogP) is 16.6. The molecule has 4 heteroatoms. The second-order valence-corrected chi connectivity index (χ2v) is 17.0. The maximum atomic E-state index is 2.44. The summed E-state index contributed by atoms with van der Waals surface area (Å²) in [6.45, 7) is 0. The van der Waals surface area contributed by atoms with Crippen LogP contribution >= 0.6 is 22.7 Å². The summed E-state index contributed by atoms with van der Waals surface area (Å²) < 4.78 is 5.29. The van der Waals surface area contributed by atoms with Crippen LogP contribution in [0.2, 0.25) is 0 Å². The highest BCUT2D eigenvalue weighted by Gasteiger charge is 2.18. The van der Waals surface area contributed by atoms with E-state index in [-0.39, 0.29) is 0 Å². The van der Waals surface area contributed by atoms with Crippen LogP contribution in [0.3, 0.4) is 0 Å². The first-order valence-electron chi connectivity index (χ1n) is 19.9. The fraction of sp³-hybridized carbons (Fsp3) is 0.0370. The highest BCUT2D eigenvalue weighted by Crippen LogP contribution is 2.42. The molecule has 0 aliphatic heterocycles. The molecular formula is C54H38N2S2. The van der Waals surface area contributed by atoms with E-state index in [2.05, 4.69) is 216 Å². The Hall–Kier alpha value is -6.72. The number of allylic oxidation sites excluding steroid dienone is 4. The van der Waals surface area contributed by atoms with E-state index in [0.29, 0.717) is 0 Å². The Kier molecular flexibility index (Phi) is 8.72. The monoisotopic (exact) mass is 778 g/mol. The number of thiophene rings is 2. The average Bonchev–Trinajstić information content (AvgIpc) is 3.86. The van der Waals surface area contributed by atoms with Crippen molar-refractivity contribution in [3.8, 4) is 22.3 Å². The number of hydrogen-bond donors (Lipinski definition) is 0. The van der Waals surface area contributed by atoms with Gasteiger partial charge in [0.05, 0.1) is 0 Å². The number of fused-ring (bicyclic) bond motifs is 6. The maximum Gasteiger partial charge on any atom is 0.0468 e. The maximum absolute atomic E-state index is 2.44. The van der Waals surface area contributed by atoms with Crippen molar-refractivity contribution in [3.05, 3.63) is 212 Å². The zero-order valence-corrected chi connectivity index (χ0v) is 33.4. The fourth-order valence-electron chi connectivity index (χ4n) is 8.45. The van der Waals surface area contributed by atoms with Gasteiger partial charge in [0.1, 0.15) is 0 Å². The molecule has 0 amide bonds. The molecule has 11 rings (SSSR count). The minimum atomic E-state index is 1.01. The molecule has 2 heterocycles. The molecule has 10 aromatic rings. The molecule has 0 saturated carbocycles. The van der Waals surface area contributed by atoms with Gasteiger partial charge in [-0.3, -0.25) is 0 Å². The van der Waals surface area contributed by atoms with Gasteiger partial charge < -0.3 is 9.80 Å². The van der Waals surface area contributed by atoms with Crippen LogP contribution in [0.1, 0.15) is 12.8 Å². The third-order valence-electron chi connectivity index (χ3n) is 11.3. The lowest BCUT2D eigenvalue weighted by Crippen LogP contribution is -2.17. The Morgan fingerprint density at radius 3 is 1.28 bits per heavy atom. The Morgan fingerprint density at radius 1 is 0.345 bits per heavy atom. The Bertz CT molecular complexity index is 3150. The second kappa shape index (κ2) is 14.7. The van der Waals surface area contributed by atoms with Crippen LogP contribution in [-0.4, -0.2) is 0 Å². The molecule has 2 nitrogen and oxygen atoms in total. The van der Waals surface area contributed by atoms with E-state index in [1.54, 1.807) is 0 Å². The number of anilines is 5. The fourth-order valence-corrected chi connectivity index (χ4v) is 10.6. The third kappa shape index (κ3) is 6.28. The SMILES string of the molecule is C1=CCCC(N(c2ccc(-c3ccc(-c4ccc(N(c5ccccc5)c5ccc6sc7ccccc7c6c5)cc4)cc3)cc2)c2ccc3sc4ccccc4c3c2)=C1. The van der Waals surface area contributed by atoms with E-state index in [9.17, 15) is 0 Å². The first-order chi connectivity index (χ1) is 28.7. The summed E-state index contributed by atoms with van der Waals surface area (Å²) in [7, 11) is 0. The standard InChI is InChI=1S/C54H38N2S2/c1-3-11-41(12-4-1)55(45-31-33-53-49(35-45)47-15-7-9-17-51(47)57-53)43-27-23-39(24-28-43)37-19-21-38(22-20-37)40-25-29-44(30-26-40)56(42-13-5-2-6-14-42)46-32-34-54-50(36-46)48-16-8-10-18-52(48)58-54/h1-5,7-13,15-36H,6,14H2. The van der Waals surface area contributed by atoms with Gasteiger partial charge in [-0.25, -0.2) is 0 Å². The highest BCUT2D eigenvalue weighted by atomic mass is 32.1. The van der Waals surface area contributed by atoms with Crippen LogP contribution in [0.5, 0.6) is 0 Å². The quantitative estimate of drug-likeness (QED) is 0.152. The van der Waals surface area contributed by atoms with E-state index in [4.69, 9.17) is 0 Å². The molecule has 2 aromatic heterocycles. The van der Waals surface area contributed by atoms with Crippen molar-refractivity contribution < 1.29 is 0 Å². The molecule has 0 saturated heterocycles. The summed E-state index contributed by atoms with van der Waals surface area (Å²) >= 11 is 3.72. The molecule has 276 valence electrons. The Labute approximate surface area is 346 Å². The largest absolute Gasteiger partial charge is 0.314 e. The van der Waals surface area contributed by atoms with Crippen LogP contribution in [0.25, 0.3) is 62.6 Å². The number of hydrogen-bond acceptors (Lipinski definition) is 4. The van der Waals surface area contributed by atoms with Gasteiger partial charge in [-0.05, 0) is 126 Å². The molecule has 0 unspecified atom stereocenters. The molecule has 0 N–H and O–H groups in total. The summed E-state index contributed by atoms with van der Waals surface area (Å²) in [6.07, 6.45) is 8.78. The zero-order valence-electron chi connectivity index (χ0n) is 31.8. The van der Waals surface area contributed by atoms with Crippen molar-refractivity contribution in [1.82, 2.24) is 0 Å². The van der Waals surface area contributed by atoms with E-state index >= 15 is 0 Å². The average molecular weight is 779 g/mol. The van der Waals surface area contributed by atoms with Crippen LogP contribution in [0, 0.1) is 0 Å². The number of benzene rings is 8. The van der Waals surface area contributed by atoms with Gasteiger partial charge >= 0.3 is 0 Å². The van der Waals surface area contributed by atoms with Crippen LogP contribution in [-0.2, 0) is 0 Å². The summed E-state index contributed by atoms with van der Waals surface area (Å²) in [5, 5.41) is 5.25. The normalized spacial score (nSPS) is 12.7. The van der Waals surface area contributed by atoms with E-state index in [0.717, 1.165) is 29.9 Å². The van der Waals surface area contributed by atoms with Crippen LogP contribution in [0.4, 0.5) is 28.4 Å². The van der Waals surface area contributed by atoms with Gasteiger partial charge in [0.2, 0.25) is 0 Å². The molecule has 0 atom stereocenters. The summed E-state index contributed by atoms with van der Waals surface area (Å²) in [5.74, 6) is 0. The molecule has 0 bridgehead atoms. The number of nitrogens with zero attached hydrogens (tertiary/aromatic N) is 2. The summed E-state index contributed by atoms with van der Waals surface area (Å²) in [4.78, 5) is 4.79. The van der Waals surface area contributed by atoms with Gasteiger partial charge in [0, 0.05) is 74.5 Å². The van der Waals surface area contributed by atoms with Crippen molar-refractivity contribution in [1.29, 1.82) is 0 Å². The minimum Gasteiger partial charge on any atom is -0.314 e. The Morgan fingerprint density at radius 2 is 0.759 bits per heavy atom. The summed E-state index contributed by atoms with van der Waals surface area (Å²) in [6, 6.07) is 68.9. The lowest BCUT2D eigenvalue weighted by atomic mass is 9.99. The minimum absolute atomic E-state index is 1.01. The molecule has 0 fully saturated rings. The van der Waals surface area contributed by atoms with Gasteiger partial charge in [-0.1, -0.05) is 115 Å². The molecule has 1 aliphatic rings. The molecular weight excluding hydrogens is 741 g/mol. The lowest BCUT2D eigenvalue weighted by Gasteiger charge is -2.29. The predicted molar refractivity (Wildman–Crippen MR) is 253 cm³/mol. The first kappa shape index (κ1) is 34.5. The third-order valence-corrected chi connectivity index (χ3v) is 13.6. The van der Waals surface area contributed by atoms with Gasteiger partial charge in [-0.2, -0.15) is 0 Å². The second-order valence-electron chi connectivity index (χ2n) is 14.9. The van der Waals surface area contributed by atoms with E-state index < -0.39 is 0 Å². The smallest absolute Gasteiger partial charge is 0.0468 e. The number of para-hydroxylation sites is 1. The van der Waals surface area contributed by atoms with Gasteiger partial charge in [0.15, 0.2) is 0 Å². The molecule has 0 spiro atoms. The first-order valence-corrected chi connectivity index (χ1v) is 21.5. The molecule has 58 heavy (non-hydrogen) atoms. The number of rotatable bonds is 8. The van der Waals surface area contributed by atoms with E-state index in [1.807, 2.05) is 22.7 Å². The van der Waals surface area contributed by atoms with Gasteiger partial charge in [0.25, 0.3) is 0 Å². The van der Waals surface area contributed by atoms with Crippen LogP contribution in [0.15, 0.2) is 212 Å². The lowest BCUT2D eigenvalue weighted by molar-refractivity contribution is 0.918. The molecule has 1 aliphatic carbocycles. The molecule has 8 aromatic carbocycles. The molecule has 0 radical (unpaired) electrons. The highest BCUT2D eigenvalue weighted by molar-refractivity contribution is 7.26. The topological polar surface area (TPSA) is 6.48 Å². The van der Waals surface area contributed by atoms with Crippen molar-refractivity contribution in [2.24, 2.45) is 0 Å². The van der Waals surface area contributed by atoms with Crippen molar-refractivity contribution in [3.63, 3.8) is 0 Å². The van der Waals surface area contributed by atoms with Crippen molar-refractivity contribution in [2.45, 2.75) is 12.8 Å². The van der Waals surface area contributed by atoms with Crippen molar-refractivity contribution >= 4 is 91.5 Å². The van der Waals surface area contributed by atoms with Gasteiger partial charge in [-0.15, -0.1) is 22.7 Å².